The van der Waals surface area contributed by atoms with Gasteiger partial charge in [0.05, 0.1) is 0 Å². The van der Waals surface area contributed by atoms with Gasteiger partial charge in [-0.25, -0.2) is 4.39 Å². The molecule has 1 aromatic carbocycles. The van der Waals surface area contributed by atoms with E-state index in [-0.39, 0.29) is 5.82 Å². The summed E-state index contributed by atoms with van der Waals surface area (Å²) in [7, 11) is 2.00. The van der Waals surface area contributed by atoms with E-state index in [0.29, 0.717) is 5.92 Å². The molecule has 0 spiro atoms. The number of hydrogen-bond donors (Lipinski definition) is 1. The van der Waals surface area contributed by atoms with Crippen LogP contribution in [0.3, 0.4) is 0 Å². The molecule has 1 nitrogen and oxygen atoms in total. The van der Waals surface area contributed by atoms with E-state index in [1.807, 2.05) is 19.2 Å². The van der Waals surface area contributed by atoms with Crippen molar-refractivity contribution in [1.29, 1.82) is 0 Å². The number of rotatable bonds is 5. The summed E-state index contributed by atoms with van der Waals surface area (Å²) in [6.07, 6.45) is 7.59. The molecule has 1 saturated carbocycles. The van der Waals surface area contributed by atoms with Crippen LogP contribution in [-0.4, -0.2) is 13.6 Å². The van der Waals surface area contributed by atoms with E-state index < -0.39 is 0 Å². The Morgan fingerprint density at radius 2 is 1.94 bits per heavy atom. The molecule has 1 aliphatic rings. The van der Waals surface area contributed by atoms with Crippen LogP contribution in [0.5, 0.6) is 0 Å². The van der Waals surface area contributed by atoms with Crippen LogP contribution in [0.1, 0.15) is 37.7 Å². The highest BCUT2D eigenvalue weighted by molar-refractivity contribution is 5.18. The van der Waals surface area contributed by atoms with Gasteiger partial charge in [-0.15, -0.1) is 0 Å². The lowest BCUT2D eigenvalue weighted by Crippen LogP contribution is -2.29. The molecule has 1 atom stereocenters. The molecule has 1 aliphatic carbocycles. The predicted octanol–water partition coefficient (Wildman–Crippen LogP) is 3.78. The van der Waals surface area contributed by atoms with Crippen LogP contribution in [0.15, 0.2) is 24.3 Å². The Bertz CT molecular complexity index is 358. The average molecular weight is 249 g/mol. The van der Waals surface area contributed by atoms with E-state index in [1.165, 1.54) is 32.1 Å². The quantitative estimate of drug-likeness (QED) is 0.837. The van der Waals surface area contributed by atoms with E-state index >= 15 is 0 Å². The zero-order chi connectivity index (χ0) is 12.8. The summed E-state index contributed by atoms with van der Waals surface area (Å²) in [5.74, 6) is 1.30. The SMILES string of the molecule is CNCC(Cc1ccccc1F)C1CCCCC1. The molecular formula is C16H24FN. The largest absolute Gasteiger partial charge is 0.319 e. The van der Waals surface area contributed by atoms with E-state index in [1.54, 1.807) is 12.1 Å². The van der Waals surface area contributed by atoms with Crippen molar-refractivity contribution in [2.45, 2.75) is 38.5 Å². The van der Waals surface area contributed by atoms with Crippen LogP contribution in [-0.2, 0) is 6.42 Å². The molecule has 0 saturated heterocycles. The molecule has 1 unspecified atom stereocenters. The maximum atomic E-state index is 13.7. The topological polar surface area (TPSA) is 12.0 Å². The zero-order valence-electron chi connectivity index (χ0n) is 11.3. The Kier molecular flexibility index (Phi) is 5.18. The normalized spacial score (nSPS) is 18.8. The first kappa shape index (κ1) is 13.5. The highest BCUT2D eigenvalue weighted by Gasteiger charge is 2.24. The van der Waals surface area contributed by atoms with Crippen molar-refractivity contribution >= 4 is 0 Å². The Morgan fingerprint density at radius 3 is 2.61 bits per heavy atom. The Labute approximate surface area is 110 Å². The second-order valence-corrected chi connectivity index (χ2v) is 5.51. The number of benzene rings is 1. The van der Waals surface area contributed by atoms with Crippen molar-refractivity contribution in [2.75, 3.05) is 13.6 Å². The smallest absolute Gasteiger partial charge is 0.126 e. The second-order valence-electron chi connectivity index (χ2n) is 5.51. The van der Waals surface area contributed by atoms with Crippen LogP contribution in [0.25, 0.3) is 0 Å². The van der Waals surface area contributed by atoms with Gasteiger partial charge in [-0.05, 0) is 43.5 Å². The van der Waals surface area contributed by atoms with Gasteiger partial charge in [-0.2, -0.15) is 0 Å². The van der Waals surface area contributed by atoms with Crippen LogP contribution in [0, 0.1) is 17.7 Å². The third-order valence-electron chi connectivity index (χ3n) is 4.22. The molecule has 0 aromatic heterocycles. The van der Waals surface area contributed by atoms with Gasteiger partial charge >= 0.3 is 0 Å². The van der Waals surface area contributed by atoms with E-state index in [0.717, 1.165) is 24.4 Å². The summed E-state index contributed by atoms with van der Waals surface area (Å²) in [4.78, 5) is 0. The lowest BCUT2D eigenvalue weighted by Gasteiger charge is -2.30. The molecule has 0 heterocycles. The molecular weight excluding hydrogens is 225 g/mol. The van der Waals surface area contributed by atoms with Crippen molar-refractivity contribution in [2.24, 2.45) is 11.8 Å². The minimum absolute atomic E-state index is 0.0468. The third kappa shape index (κ3) is 3.55. The summed E-state index contributed by atoms with van der Waals surface area (Å²) in [5.41, 5.74) is 0.878. The third-order valence-corrected chi connectivity index (χ3v) is 4.22. The van der Waals surface area contributed by atoms with Crippen molar-refractivity contribution < 1.29 is 4.39 Å². The minimum atomic E-state index is -0.0468. The molecule has 0 bridgehead atoms. The van der Waals surface area contributed by atoms with Crippen LogP contribution < -0.4 is 5.32 Å². The van der Waals surface area contributed by atoms with Crippen molar-refractivity contribution in [3.63, 3.8) is 0 Å². The summed E-state index contributed by atoms with van der Waals surface area (Å²) in [5, 5.41) is 3.28. The fourth-order valence-electron chi connectivity index (χ4n) is 3.22. The maximum absolute atomic E-state index is 13.7. The fourth-order valence-corrected chi connectivity index (χ4v) is 3.22. The van der Waals surface area contributed by atoms with Gasteiger partial charge in [-0.3, -0.25) is 0 Å². The summed E-state index contributed by atoms with van der Waals surface area (Å²) in [6.45, 7) is 0.999. The van der Waals surface area contributed by atoms with Crippen molar-refractivity contribution in [1.82, 2.24) is 5.32 Å². The van der Waals surface area contributed by atoms with Crippen LogP contribution in [0.4, 0.5) is 4.39 Å². The van der Waals surface area contributed by atoms with Crippen LogP contribution >= 0.6 is 0 Å². The molecule has 2 rings (SSSR count). The van der Waals surface area contributed by atoms with Gasteiger partial charge in [0.25, 0.3) is 0 Å². The van der Waals surface area contributed by atoms with Crippen molar-refractivity contribution in [3.8, 4) is 0 Å². The molecule has 18 heavy (non-hydrogen) atoms. The Hall–Kier alpha value is -0.890. The van der Waals surface area contributed by atoms with Gasteiger partial charge in [0.2, 0.25) is 0 Å². The molecule has 0 aliphatic heterocycles. The Balaban J connectivity index is 2.03. The number of halogens is 1. The zero-order valence-corrected chi connectivity index (χ0v) is 11.3. The molecule has 1 fully saturated rings. The van der Waals surface area contributed by atoms with Gasteiger partial charge < -0.3 is 5.32 Å². The van der Waals surface area contributed by atoms with Gasteiger partial charge in [0.15, 0.2) is 0 Å². The lowest BCUT2D eigenvalue weighted by atomic mass is 9.77. The summed E-state index contributed by atoms with van der Waals surface area (Å²) in [6, 6.07) is 7.22. The number of nitrogens with one attached hydrogen (secondary N) is 1. The fraction of sp³-hybridized carbons (Fsp3) is 0.625. The highest BCUT2D eigenvalue weighted by Crippen LogP contribution is 2.32. The van der Waals surface area contributed by atoms with Crippen molar-refractivity contribution in [3.05, 3.63) is 35.6 Å². The standard InChI is InChI=1S/C16H24FN/c1-18-12-15(13-7-3-2-4-8-13)11-14-9-5-6-10-16(14)17/h5-6,9-10,13,15,18H,2-4,7-8,11-12H2,1H3. The minimum Gasteiger partial charge on any atom is -0.319 e. The summed E-state index contributed by atoms with van der Waals surface area (Å²) < 4.78 is 13.7. The monoisotopic (exact) mass is 249 g/mol. The first-order valence-corrected chi connectivity index (χ1v) is 7.19. The lowest BCUT2D eigenvalue weighted by molar-refractivity contribution is 0.241. The van der Waals surface area contributed by atoms with E-state index in [2.05, 4.69) is 5.32 Å². The molecule has 1 N–H and O–H groups in total. The van der Waals surface area contributed by atoms with Gasteiger partial charge in [0, 0.05) is 0 Å². The average Bonchev–Trinajstić information content (AvgIpc) is 2.42. The number of hydrogen-bond acceptors (Lipinski definition) is 1. The highest BCUT2D eigenvalue weighted by atomic mass is 19.1. The molecule has 100 valence electrons. The van der Waals surface area contributed by atoms with E-state index in [4.69, 9.17) is 0 Å². The van der Waals surface area contributed by atoms with E-state index in [9.17, 15) is 4.39 Å². The molecule has 0 amide bonds. The van der Waals surface area contributed by atoms with Gasteiger partial charge in [0.1, 0.15) is 5.82 Å². The maximum Gasteiger partial charge on any atom is 0.126 e. The van der Waals surface area contributed by atoms with Gasteiger partial charge in [-0.1, -0.05) is 50.3 Å². The van der Waals surface area contributed by atoms with Crippen LogP contribution in [0.2, 0.25) is 0 Å². The molecule has 2 heteroatoms. The molecule has 0 radical (unpaired) electrons. The Morgan fingerprint density at radius 1 is 1.22 bits per heavy atom. The predicted molar refractivity (Wildman–Crippen MR) is 74.1 cm³/mol. The second kappa shape index (κ2) is 6.89. The first-order valence-electron chi connectivity index (χ1n) is 7.19. The summed E-state index contributed by atoms with van der Waals surface area (Å²) >= 11 is 0. The first-order chi connectivity index (χ1) is 8.81. The molecule has 1 aromatic rings.